The van der Waals surface area contributed by atoms with E-state index in [-0.39, 0.29) is 29.8 Å². The van der Waals surface area contributed by atoms with Gasteiger partial charge in [-0.2, -0.15) is 0 Å². The van der Waals surface area contributed by atoms with Gasteiger partial charge in [-0.3, -0.25) is 9.79 Å². The molecule has 0 saturated carbocycles. The molecule has 1 rings (SSSR count). The quantitative estimate of drug-likeness (QED) is 0.497. The monoisotopic (exact) mass is 388 g/mol. The number of aliphatic imine (C=N–C) groups is 1. The topological polar surface area (TPSA) is 110 Å². The number of likely N-dealkylation sites (N-methyl/N-ethyl adjacent to an activating group) is 1. The van der Waals surface area contributed by atoms with Crippen molar-refractivity contribution in [3.63, 3.8) is 0 Å². The second-order valence-electron chi connectivity index (χ2n) is 8.05. The van der Waals surface area contributed by atoms with Gasteiger partial charge in [0, 0.05) is 18.0 Å². The lowest BCUT2D eigenvalue weighted by Crippen LogP contribution is -2.44. The summed E-state index contributed by atoms with van der Waals surface area (Å²) in [7, 11) is 1.72. The number of nitrogens with two attached hydrogens (primary N) is 1. The molecule has 1 aromatic rings. The molecule has 0 aliphatic carbocycles. The van der Waals surface area contributed by atoms with Crippen molar-refractivity contribution in [2.45, 2.75) is 46.1 Å². The van der Waals surface area contributed by atoms with E-state index in [1.807, 2.05) is 34.6 Å². The van der Waals surface area contributed by atoms with E-state index in [1.54, 1.807) is 11.9 Å². The van der Waals surface area contributed by atoms with Crippen LogP contribution >= 0.6 is 0 Å². The summed E-state index contributed by atoms with van der Waals surface area (Å²) in [5.74, 6) is 0.709. The minimum absolute atomic E-state index is 0.0676. The van der Waals surface area contributed by atoms with E-state index in [1.165, 1.54) is 6.20 Å². The molecule has 1 amide bonds. The van der Waals surface area contributed by atoms with E-state index in [2.05, 4.69) is 40.4 Å². The van der Waals surface area contributed by atoms with E-state index in [0.717, 1.165) is 0 Å². The van der Waals surface area contributed by atoms with E-state index in [0.29, 0.717) is 28.7 Å². The second kappa shape index (κ2) is 9.34. The van der Waals surface area contributed by atoms with Crippen LogP contribution in [0.1, 0.15) is 46.4 Å². The van der Waals surface area contributed by atoms with Crippen LogP contribution in [0.3, 0.4) is 0 Å². The molecular formula is C20H32N6O2. The molecule has 1 atom stereocenters. The van der Waals surface area contributed by atoms with Gasteiger partial charge < -0.3 is 20.4 Å². The molecule has 0 spiro atoms. The first-order valence-corrected chi connectivity index (χ1v) is 9.02. The summed E-state index contributed by atoms with van der Waals surface area (Å²) in [4.78, 5) is 17.8. The maximum absolute atomic E-state index is 12.6. The van der Waals surface area contributed by atoms with Crippen LogP contribution in [0.4, 0.5) is 0 Å². The van der Waals surface area contributed by atoms with Crippen LogP contribution in [0.2, 0.25) is 0 Å². The molecule has 0 aliphatic rings. The molecule has 8 nitrogen and oxygen atoms in total. The third-order valence-corrected chi connectivity index (χ3v) is 4.11. The first-order valence-electron chi connectivity index (χ1n) is 9.02. The van der Waals surface area contributed by atoms with Gasteiger partial charge in [-0.15, -0.1) is 10.2 Å². The van der Waals surface area contributed by atoms with Crippen LogP contribution in [0.25, 0.3) is 5.57 Å². The number of hydrogen-bond donors (Lipinski definition) is 2. The fourth-order valence-corrected chi connectivity index (χ4v) is 2.37. The molecule has 1 unspecified atom stereocenters. The van der Waals surface area contributed by atoms with Crippen LogP contribution < -0.4 is 11.1 Å². The molecule has 0 radical (unpaired) electrons. The second-order valence-corrected chi connectivity index (χ2v) is 8.05. The SMILES string of the molecule is C=N/C=C(/N)C(=C)N(C)CC(=O)NC(C(=C)c1nnc(C(C)(C)C)o1)C(C)C. The first kappa shape index (κ1) is 23.1. The van der Waals surface area contributed by atoms with Crippen LogP contribution in [-0.2, 0) is 10.2 Å². The van der Waals surface area contributed by atoms with Gasteiger partial charge in [0.25, 0.3) is 0 Å². The third-order valence-electron chi connectivity index (χ3n) is 4.11. The maximum Gasteiger partial charge on any atom is 0.245 e. The van der Waals surface area contributed by atoms with Gasteiger partial charge in [0.1, 0.15) is 0 Å². The number of nitrogens with zero attached hydrogens (tertiary/aromatic N) is 4. The Labute approximate surface area is 167 Å². The van der Waals surface area contributed by atoms with Crippen molar-refractivity contribution in [2.75, 3.05) is 13.6 Å². The highest BCUT2D eigenvalue weighted by molar-refractivity contribution is 5.81. The molecule has 28 heavy (non-hydrogen) atoms. The van der Waals surface area contributed by atoms with Gasteiger partial charge >= 0.3 is 0 Å². The van der Waals surface area contributed by atoms with Gasteiger partial charge in [0.05, 0.1) is 30.2 Å². The van der Waals surface area contributed by atoms with Crippen molar-refractivity contribution in [1.82, 2.24) is 20.4 Å². The number of amides is 1. The number of nitrogens with one attached hydrogen (secondary N) is 1. The predicted octanol–water partition coefficient (Wildman–Crippen LogP) is 2.47. The predicted molar refractivity (Wildman–Crippen MR) is 112 cm³/mol. The summed E-state index contributed by atoms with van der Waals surface area (Å²) in [6, 6.07) is -0.356. The molecule has 8 heteroatoms. The largest absolute Gasteiger partial charge is 0.420 e. The number of carbonyl (C=O) groups excluding carboxylic acids is 1. The smallest absolute Gasteiger partial charge is 0.245 e. The lowest BCUT2D eigenvalue weighted by molar-refractivity contribution is -0.122. The number of carbonyl (C=O) groups is 1. The zero-order valence-corrected chi connectivity index (χ0v) is 17.7. The van der Waals surface area contributed by atoms with Crippen molar-refractivity contribution >= 4 is 18.2 Å². The van der Waals surface area contributed by atoms with Crippen LogP contribution in [0.5, 0.6) is 0 Å². The van der Waals surface area contributed by atoms with Gasteiger partial charge in [-0.05, 0) is 12.6 Å². The third kappa shape index (κ3) is 6.07. The van der Waals surface area contributed by atoms with Crippen molar-refractivity contribution in [1.29, 1.82) is 0 Å². The first-order chi connectivity index (χ1) is 12.9. The zero-order valence-electron chi connectivity index (χ0n) is 17.7. The Kier molecular flexibility index (Phi) is 7.72. The summed E-state index contributed by atoms with van der Waals surface area (Å²) < 4.78 is 5.76. The number of rotatable bonds is 9. The summed E-state index contributed by atoms with van der Waals surface area (Å²) >= 11 is 0. The standard InChI is InChI=1S/C20H32N6O2/c1-12(2)17(13(3)18-24-25-19(28-18)20(5,6)7)23-16(27)11-26(9)14(4)15(21)10-22-8/h10,12,17H,3-4,8,11,21H2,1-2,5-7,9H3,(H,23,27)/b15-10+. The highest BCUT2D eigenvalue weighted by Crippen LogP contribution is 2.25. The maximum atomic E-state index is 12.6. The van der Waals surface area contributed by atoms with Crippen LogP contribution in [0, 0.1) is 5.92 Å². The normalized spacial score (nSPS) is 13.2. The van der Waals surface area contributed by atoms with Gasteiger partial charge in [0.15, 0.2) is 0 Å². The minimum Gasteiger partial charge on any atom is -0.420 e. The molecule has 0 aromatic carbocycles. The molecule has 0 aliphatic heterocycles. The lowest BCUT2D eigenvalue weighted by atomic mass is 9.96. The summed E-state index contributed by atoms with van der Waals surface area (Å²) in [5.41, 5.74) is 6.96. The fourth-order valence-electron chi connectivity index (χ4n) is 2.37. The Morgan fingerprint density at radius 3 is 2.43 bits per heavy atom. The van der Waals surface area contributed by atoms with E-state index < -0.39 is 0 Å². The van der Waals surface area contributed by atoms with E-state index in [4.69, 9.17) is 10.2 Å². The Bertz CT molecular complexity index is 770. The molecule has 0 saturated heterocycles. The van der Waals surface area contributed by atoms with Gasteiger partial charge in [-0.25, -0.2) is 0 Å². The minimum atomic E-state index is -0.356. The Hall–Kier alpha value is -2.90. The summed E-state index contributed by atoms with van der Waals surface area (Å²) in [5, 5.41) is 11.2. The molecule has 0 bridgehead atoms. The fraction of sp³-hybridized carbons (Fsp3) is 0.500. The molecular weight excluding hydrogens is 356 g/mol. The van der Waals surface area contributed by atoms with Crippen LogP contribution in [0.15, 0.2) is 40.2 Å². The van der Waals surface area contributed by atoms with Crippen molar-refractivity contribution in [3.8, 4) is 0 Å². The van der Waals surface area contributed by atoms with Crippen molar-refractivity contribution in [3.05, 3.63) is 42.5 Å². The average molecular weight is 389 g/mol. The number of aromatic nitrogens is 2. The lowest BCUT2D eigenvalue weighted by Gasteiger charge is -2.26. The Balaban J connectivity index is 2.87. The Morgan fingerprint density at radius 1 is 1.36 bits per heavy atom. The van der Waals surface area contributed by atoms with Gasteiger partial charge in [0.2, 0.25) is 17.7 Å². The highest BCUT2D eigenvalue weighted by atomic mass is 16.4. The highest BCUT2D eigenvalue weighted by Gasteiger charge is 2.27. The van der Waals surface area contributed by atoms with E-state index >= 15 is 0 Å². The zero-order chi connectivity index (χ0) is 21.6. The molecule has 1 aromatic heterocycles. The van der Waals surface area contributed by atoms with Crippen molar-refractivity contribution in [2.24, 2.45) is 16.6 Å². The number of hydrogen-bond acceptors (Lipinski definition) is 7. The molecule has 3 N–H and O–H groups in total. The molecule has 1 heterocycles. The summed E-state index contributed by atoms with van der Waals surface area (Å²) in [6.07, 6.45) is 1.39. The van der Waals surface area contributed by atoms with Crippen LogP contribution in [-0.4, -0.2) is 47.4 Å². The average Bonchev–Trinajstić information content (AvgIpc) is 3.08. The Morgan fingerprint density at radius 2 is 1.96 bits per heavy atom. The van der Waals surface area contributed by atoms with Crippen molar-refractivity contribution < 1.29 is 9.21 Å². The summed E-state index contributed by atoms with van der Waals surface area (Å²) in [6.45, 7) is 21.3. The van der Waals surface area contributed by atoms with E-state index in [9.17, 15) is 4.79 Å². The van der Waals surface area contributed by atoms with Gasteiger partial charge in [-0.1, -0.05) is 47.8 Å². The molecule has 0 fully saturated rings. The molecule has 154 valence electrons.